The lowest BCUT2D eigenvalue weighted by molar-refractivity contribution is 0.0475. The fourth-order valence-corrected chi connectivity index (χ4v) is 6.16. The van der Waals surface area contributed by atoms with Crippen LogP contribution in [0.1, 0.15) is 44.8 Å². The Labute approximate surface area is 312 Å². The fraction of sp³-hybridized carbons (Fsp3) is 0.333. The second-order valence-corrected chi connectivity index (χ2v) is 13.0. The van der Waals surface area contributed by atoms with E-state index in [2.05, 4.69) is 40.1 Å². The van der Waals surface area contributed by atoms with E-state index in [-0.39, 0.29) is 17.1 Å². The predicted octanol–water partition coefficient (Wildman–Crippen LogP) is 2.79. The predicted molar refractivity (Wildman–Crippen MR) is 188 cm³/mol. The summed E-state index contributed by atoms with van der Waals surface area (Å²) >= 11 is 11.8. The van der Waals surface area contributed by atoms with Crippen LogP contribution in [0.15, 0.2) is 61.4 Å². The number of fused-ring (bicyclic) bond motifs is 2. The highest BCUT2D eigenvalue weighted by molar-refractivity contribution is 6.30. The van der Waals surface area contributed by atoms with Gasteiger partial charge in [-0.15, -0.1) is 0 Å². The SMILES string of the molecule is CN1CCN(C(=O)O[C@H]2c3nccnc3C(=O)N2c2ccc(Cl)cn2)CC1.O=C(O[C@H]1c2nccnc2C(=O)N1c1ccc(Cl)cn1)N1CCNCC1. The zero-order valence-corrected chi connectivity index (χ0v) is 29.7. The number of hydrogen-bond acceptors (Lipinski definition) is 14. The second-order valence-electron chi connectivity index (χ2n) is 12.1. The first-order valence-corrected chi connectivity index (χ1v) is 17.3. The Bertz CT molecular complexity index is 2000. The van der Waals surface area contributed by atoms with Crippen LogP contribution < -0.4 is 15.1 Å². The van der Waals surface area contributed by atoms with E-state index >= 15 is 0 Å². The van der Waals surface area contributed by atoms with Crippen LogP contribution in [0.4, 0.5) is 21.2 Å². The lowest BCUT2D eigenvalue weighted by Crippen LogP contribution is -2.48. The van der Waals surface area contributed by atoms with Gasteiger partial charge in [-0.05, 0) is 31.3 Å². The summed E-state index contributed by atoms with van der Waals surface area (Å²) in [5.74, 6) is -0.247. The summed E-state index contributed by atoms with van der Waals surface area (Å²) in [7, 11) is 2.00. The highest BCUT2D eigenvalue weighted by Gasteiger charge is 2.45. The van der Waals surface area contributed by atoms with Gasteiger partial charge in [-0.1, -0.05) is 23.2 Å². The van der Waals surface area contributed by atoms with Gasteiger partial charge in [-0.3, -0.25) is 19.6 Å². The summed E-state index contributed by atoms with van der Waals surface area (Å²) < 4.78 is 11.3. The number of likely N-dealkylation sites (N-methyl/N-ethyl adjacent to an activating group) is 1. The molecule has 2 fully saturated rings. The molecule has 0 unspecified atom stereocenters. The number of aromatic nitrogens is 6. The number of amides is 4. The summed E-state index contributed by atoms with van der Waals surface area (Å²) in [4.78, 5) is 83.6. The molecule has 8 rings (SSSR count). The van der Waals surface area contributed by atoms with Crippen molar-refractivity contribution in [3.8, 4) is 0 Å². The maximum absolute atomic E-state index is 12.8. The molecule has 2 saturated heterocycles. The average molecular weight is 764 g/mol. The highest BCUT2D eigenvalue weighted by Crippen LogP contribution is 2.37. The van der Waals surface area contributed by atoms with Crippen molar-refractivity contribution >= 4 is 58.8 Å². The molecule has 18 nitrogen and oxygen atoms in total. The number of carbonyl (C=O) groups is 4. The molecule has 0 bridgehead atoms. The Balaban J connectivity index is 0.000000164. The molecule has 20 heteroatoms. The van der Waals surface area contributed by atoms with Gasteiger partial charge in [0.2, 0.25) is 12.5 Å². The summed E-state index contributed by atoms with van der Waals surface area (Å²) in [6.45, 7) is 5.09. The van der Waals surface area contributed by atoms with Gasteiger partial charge < -0.3 is 29.5 Å². The Morgan fingerprint density at radius 1 is 0.642 bits per heavy atom. The number of hydrogen-bond donors (Lipinski definition) is 1. The monoisotopic (exact) mass is 762 g/mol. The van der Waals surface area contributed by atoms with E-state index in [1.54, 1.807) is 34.1 Å². The summed E-state index contributed by atoms with van der Waals surface area (Å²) in [6, 6.07) is 6.39. The zero-order chi connectivity index (χ0) is 37.1. The number of piperazine rings is 2. The van der Waals surface area contributed by atoms with Crippen LogP contribution in [0.3, 0.4) is 0 Å². The van der Waals surface area contributed by atoms with Crippen LogP contribution in [-0.2, 0) is 9.47 Å². The molecule has 1 N–H and O–H groups in total. The van der Waals surface area contributed by atoms with Crippen molar-refractivity contribution in [3.63, 3.8) is 0 Å². The molecule has 4 aliphatic heterocycles. The lowest BCUT2D eigenvalue weighted by Gasteiger charge is -2.33. The minimum absolute atomic E-state index is 0.141. The smallest absolute Gasteiger partial charge is 0.412 e. The Morgan fingerprint density at radius 2 is 1.08 bits per heavy atom. The van der Waals surface area contributed by atoms with Crippen molar-refractivity contribution in [2.45, 2.75) is 12.5 Å². The third kappa shape index (κ3) is 7.52. The topological polar surface area (TPSA) is 192 Å². The van der Waals surface area contributed by atoms with Gasteiger partial charge in [-0.2, -0.15) is 0 Å². The van der Waals surface area contributed by atoms with E-state index in [0.717, 1.165) is 13.1 Å². The Hall–Kier alpha value is -5.56. The zero-order valence-electron chi connectivity index (χ0n) is 28.2. The van der Waals surface area contributed by atoms with Gasteiger partial charge in [0.05, 0.1) is 10.0 Å². The average Bonchev–Trinajstić information content (AvgIpc) is 3.62. The number of rotatable bonds is 4. The molecule has 4 aromatic rings. The van der Waals surface area contributed by atoms with Gasteiger partial charge >= 0.3 is 12.2 Å². The molecular weight excluding hydrogens is 731 g/mol. The van der Waals surface area contributed by atoms with E-state index in [4.69, 9.17) is 32.7 Å². The Morgan fingerprint density at radius 3 is 1.51 bits per heavy atom. The number of nitrogens with zero attached hydrogens (tertiary/aromatic N) is 11. The Kier molecular flexibility index (Phi) is 10.5. The number of ether oxygens (including phenoxy) is 2. The van der Waals surface area contributed by atoms with Crippen molar-refractivity contribution in [2.75, 3.05) is 69.2 Å². The van der Waals surface area contributed by atoms with E-state index < -0.39 is 36.5 Å². The first-order valence-electron chi connectivity index (χ1n) is 16.5. The number of halogens is 2. The maximum Gasteiger partial charge on any atom is 0.412 e. The molecule has 53 heavy (non-hydrogen) atoms. The van der Waals surface area contributed by atoms with E-state index in [1.165, 1.54) is 47.0 Å². The van der Waals surface area contributed by atoms with Gasteiger partial charge in [0.25, 0.3) is 11.8 Å². The molecule has 0 aromatic carbocycles. The summed E-state index contributed by atoms with van der Waals surface area (Å²) in [6.07, 6.45) is 5.54. The quantitative estimate of drug-likeness (QED) is 0.319. The molecule has 4 aliphatic rings. The first kappa shape index (κ1) is 35.8. The van der Waals surface area contributed by atoms with E-state index in [1.807, 2.05) is 7.05 Å². The van der Waals surface area contributed by atoms with Crippen molar-refractivity contribution in [2.24, 2.45) is 0 Å². The molecule has 0 saturated carbocycles. The van der Waals surface area contributed by atoms with E-state index in [9.17, 15) is 19.2 Å². The number of pyridine rings is 2. The third-order valence-electron chi connectivity index (χ3n) is 8.71. The third-order valence-corrected chi connectivity index (χ3v) is 9.16. The molecule has 8 heterocycles. The van der Waals surface area contributed by atoms with Crippen molar-refractivity contribution in [1.29, 1.82) is 0 Å². The number of nitrogens with one attached hydrogen (secondary N) is 1. The van der Waals surface area contributed by atoms with Gasteiger partial charge in [0.1, 0.15) is 23.0 Å². The van der Waals surface area contributed by atoms with E-state index in [0.29, 0.717) is 66.6 Å². The van der Waals surface area contributed by atoms with Crippen molar-refractivity contribution in [1.82, 2.24) is 49.9 Å². The standard InChI is InChI=1S/C17H17ClN6O3.C16H15ClN6O3/c1-22-6-8-23(9-7-22)17(26)27-16-14-13(19-4-5-20-14)15(25)24(16)12-3-2-11(18)10-21-12;17-10-1-2-11(21-9-10)23-14(24)12-13(20-4-3-19-12)15(23)26-16(25)22-7-5-18-6-8-22/h2-5,10,16H,6-9H2,1H3;1-4,9,15,18H,5-8H2/t16-;15-/m00/s1. The van der Waals surface area contributed by atoms with Gasteiger partial charge in [-0.25, -0.2) is 39.3 Å². The second kappa shape index (κ2) is 15.6. The summed E-state index contributed by atoms with van der Waals surface area (Å²) in [5.41, 5.74) is 0.868. The van der Waals surface area contributed by atoms with Gasteiger partial charge in [0, 0.05) is 89.5 Å². The number of anilines is 2. The summed E-state index contributed by atoms with van der Waals surface area (Å²) in [5, 5.41) is 4.04. The maximum atomic E-state index is 12.8. The molecule has 4 amide bonds. The molecule has 0 radical (unpaired) electrons. The van der Waals surface area contributed by atoms with Crippen LogP contribution in [0.5, 0.6) is 0 Å². The molecule has 4 aromatic heterocycles. The molecule has 274 valence electrons. The molecule has 2 atom stereocenters. The molecule has 0 aliphatic carbocycles. The largest absolute Gasteiger partial charge is 0.419 e. The fourth-order valence-electron chi connectivity index (χ4n) is 5.94. The van der Waals surface area contributed by atoms with Crippen LogP contribution in [0, 0.1) is 0 Å². The lowest BCUT2D eigenvalue weighted by atomic mass is 10.3. The van der Waals surface area contributed by atoms with Crippen molar-refractivity contribution < 1.29 is 28.7 Å². The number of carbonyl (C=O) groups excluding carboxylic acids is 4. The van der Waals surface area contributed by atoms with Crippen LogP contribution in [0.2, 0.25) is 10.0 Å². The molecular formula is C33H32Cl2N12O6. The minimum Gasteiger partial charge on any atom is -0.419 e. The highest BCUT2D eigenvalue weighted by atomic mass is 35.5. The van der Waals surface area contributed by atoms with Crippen LogP contribution in [0.25, 0.3) is 0 Å². The first-order chi connectivity index (χ1) is 25.7. The minimum atomic E-state index is -1.03. The van der Waals surface area contributed by atoms with Gasteiger partial charge in [0.15, 0.2) is 11.4 Å². The normalized spacial score (nSPS) is 19.7. The molecule has 0 spiro atoms. The van der Waals surface area contributed by atoms with Crippen LogP contribution >= 0.6 is 23.2 Å². The van der Waals surface area contributed by atoms with Crippen LogP contribution in [-0.4, -0.2) is 128 Å². The van der Waals surface area contributed by atoms with Crippen molar-refractivity contribution in [3.05, 3.63) is 94.3 Å².